The van der Waals surface area contributed by atoms with Crippen LogP contribution in [0.25, 0.3) is 10.8 Å². The maximum absolute atomic E-state index is 5.29. The SMILES string of the molecule is COc1ccc2ccnc(NCCCCC(C)C)c2c1. The standard InChI is InChI=1S/C17H24N2O/c1-13(2)6-4-5-10-18-17-16-12-15(20-3)8-7-14(16)9-11-19-17/h7-9,11-13H,4-6,10H2,1-3H3,(H,18,19). The zero-order chi connectivity index (χ0) is 14.4. The molecule has 2 aromatic rings. The predicted molar refractivity (Wildman–Crippen MR) is 85.5 cm³/mol. The third-order valence-electron chi connectivity index (χ3n) is 3.47. The van der Waals surface area contributed by atoms with E-state index < -0.39 is 0 Å². The highest BCUT2D eigenvalue weighted by Gasteiger charge is 2.03. The molecule has 0 amide bonds. The highest BCUT2D eigenvalue weighted by Crippen LogP contribution is 2.25. The number of methoxy groups -OCH3 is 1. The first-order chi connectivity index (χ1) is 9.70. The Kier molecular flexibility index (Phi) is 5.22. The van der Waals surface area contributed by atoms with Crippen molar-refractivity contribution in [1.82, 2.24) is 4.98 Å². The summed E-state index contributed by atoms with van der Waals surface area (Å²) in [6.45, 7) is 5.51. The molecule has 0 aliphatic carbocycles. The van der Waals surface area contributed by atoms with Gasteiger partial charge in [-0.3, -0.25) is 0 Å². The number of benzene rings is 1. The van der Waals surface area contributed by atoms with Crippen LogP contribution in [0.2, 0.25) is 0 Å². The fourth-order valence-corrected chi connectivity index (χ4v) is 2.30. The van der Waals surface area contributed by atoms with Crippen molar-refractivity contribution in [2.45, 2.75) is 33.1 Å². The summed E-state index contributed by atoms with van der Waals surface area (Å²) in [6.07, 6.45) is 5.59. The number of aromatic nitrogens is 1. The Morgan fingerprint density at radius 3 is 2.80 bits per heavy atom. The fourth-order valence-electron chi connectivity index (χ4n) is 2.30. The summed E-state index contributed by atoms with van der Waals surface area (Å²) < 4.78 is 5.29. The van der Waals surface area contributed by atoms with E-state index in [1.54, 1.807) is 7.11 Å². The summed E-state index contributed by atoms with van der Waals surface area (Å²) in [5.41, 5.74) is 0. The summed E-state index contributed by atoms with van der Waals surface area (Å²) in [4.78, 5) is 4.45. The second kappa shape index (κ2) is 7.13. The fraction of sp³-hybridized carbons (Fsp3) is 0.471. The zero-order valence-corrected chi connectivity index (χ0v) is 12.6. The molecule has 0 spiro atoms. The van der Waals surface area contributed by atoms with E-state index in [0.717, 1.165) is 29.4 Å². The van der Waals surface area contributed by atoms with Crippen LogP contribution in [0.3, 0.4) is 0 Å². The molecular formula is C17H24N2O. The molecule has 0 aliphatic heterocycles. The maximum atomic E-state index is 5.29. The van der Waals surface area contributed by atoms with Crippen LogP contribution in [-0.4, -0.2) is 18.6 Å². The van der Waals surface area contributed by atoms with Gasteiger partial charge in [0.15, 0.2) is 0 Å². The zero-order valence-electron chi connectivity index (χ0n) is 12.6. The van der Waals surface area contributed by atoms with Gasteiger partial charge in [0.1, 0.15) is 11.6 Å². The molecule has 20 heavy (non-hydrogen) atoms. The number of rotatable bonds is 7. The monoisotopic (exact) mass is 272 g/mol. The molecule has 0 bridgehead atoms. The summed E-state index contributed by atoms with van der Waals surface area (Å²) in [5, 5.41) is 5.75. The first kappa shape index (κ1) is 14.6. The number of fused-ring (bicyclic) bond motifs is 1. The van der Waals surface area contributed by atoms with E-state index in [0.29, 0.717) is 0 Å². The number of anilines is 1. The van der Waals surface area contributed by atoms with Crippen LogP contribution in [0.1, 0.15) is 33.1 Å². The molecule has 1 heterocycles. The van der Waals surface area contributed by atoms with E-state index in [1.165, 1.54) is 24.6 Å². The Morgan fingerprint density at radius 1 is 1.20 bits per heavy atom. The normalized spacial score (nSPS) is 11.0. The van der Waals surface area contributed by atoms with Crippen molar-refractivity contribution in [3.8, 4) is 5.75 Å². The van der Waals surface area contributed by atoms with Crippen LogP contribution in [0.4, 0.5) is 5.82 Å². The number of hydrogen-bond acceptors (Lipinski definition) is 3. The Morgan fingerprint density at radius 2 is 2.05 bits per heavy atom. The first-order valence-corrected chi connectivity index (χ1v) is 7.37. The molecule has 0 radical (unpaired) electrons. The van der Waals surface area contributed by atoms with E-state index in [1.807, 2.05) is 24.4 Å². The molecule has 0 aliphatic rings. The smallest absolute Gasteiger partial charge is 0.133 e. The second-order valence-corrected chi connectivity index (χ2v) is 5.56. The van der Waals surface area contributed by atoms with Crippen molar-refractivity contribution in [3.05, 3.63) is 30.5 Å². The largest absolute Gasteiger partial charge is 0.497 e. The quantitative estimate of drug-likeness (QED) is 0.754. The maximum Gasteiger partial charge on any atom is 0.133 e. The molecule has 1 aromatic carbocycles. The molecule has 2 rings (SSSR count). The minimum Gasteiger partial charge on any atom is -0.497 e. The molecule has 1 N–H and O–H groups in total. The molecule has 3 heteroatoms. The third-order valence-corrected chi connectivity index (χ3v) is 3.47. The number of ether oxygens (including phenoxy) is 1. The molecule has 3 nitrogen and oxygen atoms in total. The van der Waals surface area contributed by atoms with E-state index in [2.05, 4.69) is 30.2 Å². The summed E-state index contributed by atoms with van der Waals surface area (Å²) in [5.74, 6) is 2.61. The molecule has 1 aromatic heterocycles. The lowest BCUT2D eigenvalue weighted by molar-refractivity contribution is 0.415. The van der Waals surface area contributed by atoms with Crippen LogP contribution in [0, 0.1) is 5.92 Å². The number of nitrogens with one attached hydrogen (secondary N) is 1. The van der Waals surface area contributed by atoms with Crippen LogP contribution >= 0.6 is 0 Å². The van der Waals surface area contributed by atoms with E-state index in [-0.39, 0.29) is 0 Å². The van der Waals surface area contributed by atoms with Gasteiger partial charge < -0.3 is 10.1 Å². The summed E-state index contributed by atoms with van der Waals surface area (Å²) >= 11 is 0. The van der Waals surface area contributed by atoms with Gasteiger partial charge in [0.25, 0.3) is 0 Å². The Labute approximate surface area is 121 Å². The van der Waals surface area contributed by atoms with E-state index in [4.69, 9.17) is 4.74 Å². The van der Waals surface area contributed by atoms with Crippen molar-refractivity contribution in [2.24, 2.45) is 5.92 Å². The van der Waals surface area contributed by atoms with Crippen LogP contribution in [0.15, 0.2) is 30.5 Å². The lowest BCUT2D eigenvalue weighted by Crippen LogP contribution is -2.04. The minimum atomic E-state index is 0.787. The molecule has 0 unspecified atom stereocenters. The lowest BCUT2D eigenvalue weighted by Gasteiger charge is -2.10. The van der Waals surface area contributed by atoms with Gasteiger partial charge in [-0.25, -0.2) is 4.98 Å². The number of unbranched alkanes of at least 4 members (excludes halogenated alkanes) is 1. The van der Waals surface area contributed by atoms with Crippen molar-refractivity contribution < 1.29 is 4.74 Å². The highest BCUT2D eigenvalue weighted by molar-refractivity contribution is 5.92. The topological polar surface area (TPSA) is 34.1 Å². The second-order valence-electron chi connectivity index (χ2n) is 5.56. The Balaban J connectivity index is 2.02. The van der Waals surface area contributed by atoms with E-state index >= 15 is 0 Å². The van der Waals surface area contributed by atoms with Gasteiger partial charge in [-0.15, -0.1) is 0 Å². The van der Waals surface area contributed by atoms with Crippen LogP contribution in [0.5, 0.6) is 5.75 Å². The van der Waals surface area contributed by atoms with Gasteiger partial charge in [-0.2, -0.15) is 0 Å². The van der Waals surface area contributed by atoms with Crippen molar-refractivity contribution >= 4 is 16.6 Å². The number of hydrogen-bond donors (Lipinski definition) is 1. The van der Waals surface area contributed by atoms with Crippen molar-refractivity contribution in [2.75, 3.05) is 19.0 Å². The Hall–Kier alpha value is -1.77. The minimum absolute atomic E-state index is 0.787. The van der Waals surface area contributed by atoms with E-state index in [9.17, 15) is 0 Å². The molecule has 0 fully saturated rings. The summed E-state index contributed by atoms with van der Waals surface area (Å²) in [7, 11) is 1.69. The van der Waals surface area contributed by atoms with Gasteiger partial charge in [0.2, 0.25) is 0 Å². The van der Waals surface area contributed by atoms with Gasteiger partial charge in [0.05, 0.1) is 7.11 Å². The highest BCUT2D eigenvalue weighted by atomic mass is 16.5. The average Bonchev–Trinajstić information content (AvgIpc) is 2.46. The molecular weight excluding hydrogens is 248 g/mol. The van der Waals surface area contributed by atoms with Gasteiger partial charge >= 0.3 is 0 Å². The van der Waals surface area contributed by atoms with Crippen LogP contribution in [-0.2, 0) is 0 Å². The molecule has 108 valence electrons. The molecule has 0 saturated carbocycles. The first-order valence-electron chi connectivity index (χ1n) is 7.37. The van der Waals surface area contributed by atoms with Gasteiger partial charge in [-0.05, 0) is 35.9 Å². The lowest BCUT2D eigenvalue weighted by atomic mass is 10.1. The van der Waals surface area contributed by atoms with Gasteiger partial charge in [-0.1, -0.05) is 32.8 Å². The molecule has 0 atom stereocenters. The number of pyridine rings is 1. The van der Waals surface area contributed by atoms with Gasteiger partial charge in [0, 0.05) is 18.1 Å². The molecule has 0 saturated heterocycles. The Bertz CT molecular complexity index is 552. The van der Waals surface area contributed by atoms with Crippen molar-refractivity contribution in [1.29, 1.82) is 0 Å². The summed E-state index contributed by atoms with van der Waals surface area (Å²) in [6, 6.07) is 8.12. The number of nitrogens with zero attached hydrogens (tertiary/aromatic N) is 1. The average molecular weight is 272 g/mol. The predicted octanol–water partition coefficient (Wildman–Crippen LogP) is 4.48. The van der Waals surface area contributed by atoms with Crippen molar-refractivity contribution in [3.63, 3.8) is 0 Å². The third kappa shape index (κ3) is 3.86. The van der Waals surface area contributed by atoms with Crippen LogP contribution < -0.4 is 10.1 Å².